The molecule has 94 valence electrons. The Labute approximate surface area is 105 Å². The first-order valence-electron chi connectivity index (χ1n) is 5.58. The van der Waals surface area contributed by atoms with E-state index < -0.39 is 0 Å². The van der Waals surface area contributed by atoms with E-state index in [4.69, 9.17) is 10.5 Å². The molecular weight excluding hydrogens is 230 g/mol. The molecule has 0 aliphatic rings. The number of carbonyl (C=O) groups excluding carboxylic acids is 1. The molecule has 0 aliphatic heterocycles. The molecule has 0 radical (unpaired) electrons. The number of aromatic nitrogens is 2. The third kappa shape index (κ3) is 2.68. The Morgan fingerprint density at radius 3 is 2.83 bits per heavy atom. The normalized spacial score (nSPS) is 10.3. The number of esters is 1. The second-order valence-electron chi connectivity index (χ2n) is 4.13. The molecule has 0 unspecified atom stereocenters. The van der Waals surface area contributed by atoms with Crippen LogP contribution < -0.4 is 5.73 Å². The van der Waals surface area contributed by atoms with Crippen molar-refractivity contribution in [3.63, 3.8) is 0 Å². The summed E-state index contributed by atoms with van der Waals surface area (Å²) in [5.41, 5.74) is 8.44. The van der Waals surface area contributed by atoms with Crippen LogP contribution in [0.15, 0.2) is 30.5 Å². The van der Waals surface area contributed by atoms with Crippen LogP contribution >= 0.6 is 0 Å². The number of rotatable bonds is 3. The lowest BCUT2D eigenvalue weighted by atomic mass is 10.1. The monoisotopic (exact) mass is 245 g/mol. The first kappa shape index (κ1) is 12.2. The van der Waals surface area contributed by atoms with Crippen LogP contribution in [0, 0.1) is 6.92 Å². The van der Waals surface area contributed by atoms with E-state index in [1.54, 1.807) is 29.1 Å². The van der Waals surface area contributed by atoms with Crippen molar-refractivity contribution < 1.29 is 9.53 Å². The van der Waals surface area contributed by atoms with Gasteiger partial charge in [0.15, 0.2) is 0 Å². The van der Waals surface area contributed by atoms with Crippen LogP contribution in [0.1, 0.15) is 21.6 Å². The van der Waals surface area contributed by atoms with Crippen molar-refractivity contribution >= 4 is 11.7 Å². The fourth-order valence-electron chi connectivity index (χ4n) is 1.57. The number of aryl methyl sites for hydroxylation is 2. The van der Waals surface area contributed by atoms with Gasteiger partial charge in [0.05, 0.1) is 11.3 Å². The second-order valence-corrected chi connectivity index (χ2v) is 4.13. The Kier molecular flexibility index (Phi) is 3.32. The van der Waals surface area contributed by atoms with Gasteiger partial charge in [0.2, 0.25) is 0 Å². The second kappa shape index (κ2) is 4.91. The summed E-state index contributed by atoms with van der Waals surface area (Å²) < 4.78 is 6.83. The van der Waals surface area contributed by atoms with Gasteiger partial charge in [-0.3, -0.25) is 4.68 Å². The summed E-state index contributed by atoms with van der Waals surface area (Å²) in [4.78, 5) is 11.8. The third-order valence-electron chi connectivity index (χ3n) is 2.63. The van der Waals surface area contributed by atoms with Gasteiger partial charge in [-0.1, -0.05) is 0 Å². The van der Waals surface area contributed by atoms with Crippen molar-refractivity contribution in [1.29, 1.82) is 0 Å². The molecule has 2 rings (SSSR count). The third-order valence-corrected chi connectivity index (χ3v) is 2.63. The fourth-order valence-corrected chi connectivity index (χ4v) is 1.57. The molecule has 0 fully saturated rings. The largest absolute Gasteiger partial charge is 0.456 e. The summed E-state index contributed by atoms with van der Waals surface area (Å²) >= 11 is 0. The number of ether oxygens (including phenoxy) is 1. The van der Waals surface area contributed by atoms with E-state index in [1.807, 2.05) is 20.0 Å². The number of nitrogen functional groups attached to an aromatic ring is 1. The van der Waals surface area contributed by atoms with Crippen LogP contribution in [-0.2, 0) is 18.4 Å². The highest BCUT2D eigenvalue weighted by Crippen LogP contribution is 2.14. The highest BCUT2D eigenvalue weighted by Gasteiger charge is 2.09. The lowest BCUT2D eigenvalue weighted by molar-refractivity contribution is 0.0467. The molecule has 0 saturated carbocycles. The molecule has 5 nitrogen and oxygen atoms in total. The number of benzene rings is 1. The summed E-state index contributed by atoms with van der Waals surface area (Å²) in [6.45, 7) is 2.02. The highest BCUT2D eigenvalue weighted by molar-refractivity contribution is 5.90. The molecule has 5 heteroatoms. The Balaban J connectivity index is 2.01. The van der Waals surface area contributed by atoms with Crippen LogP contribution in [0.3, 0.4) is 0 Å². The van der Waals surface area contributed by atoms with Gasteiger partial charge in [-0.05, 0) is 36.8 Å². The summed E-state index contributed by atoms with van der Waals surface area (Å²) in [5.74, 6) is -0.372. The van der Waals surface area contributed by atoms with Crippen molar-refractivity contribution in [3.8, 4) is 0 Å². The fraction of sp³-hybridized carbons (Fsp3) is 0.231. The molecule has 18 heavy (non-hydrogen) atoms. The molecule has 2 N–H and O–H groups in total. The molecule has 1 aromatic carbocycles. The molecule has 0 aliphatic carbocycles. The topological polar surface area (TPSA) is 70.1 Å². The molecular formula is C13H15N3O2. The maximum Gasteiger partial charge on any atom is 0.338 e. The number of carbonyl (C=O) groups is 1. The van der Waals surface area contributed by atoms with E-state index >= 15 is 0 Å². The summed E-state index contributed by atoms with van der Waals surface area (Å²) in [6, 6.07) is 6.88. The van der Waals surface area contributed by atoms with Gasteiger partial charge < -0.3 is 10.5 Å². The zero-order chi connectivity index (χ0) is 13.1. The average Bonchev–Trinajstić information content (AvgIpc) is 2.75. The first-order valence-corrected chi connectivity index (χ1v) is 5.58. The lowest BCUT2D eigenvalue weighted by Crippen LogP contribution is -2.06. The first-order chi connectivity index (χ1) is 8.56. The van der Waals surface area contributed by atoms with Crippen molar-refractivity contribution in [2.24, 2.45) is 7.05 Å². The van der Waals surface area contributed by atoms with Crippen LogP contribution in [0.25, 0.3) is 0 Å². The number of nitrogens with zero attached hydrogens (tertiary/aromatic N) is 2. The molecule has 2 aromatic rings. The van der Waals surface area contributed by atoms with Crippen molar-refractivity contribution in [3.05, 3.63) is 47.3 Å². The van der Waals surface area contributed by atoms with E-state index in [9.17, 15) is 4.79 Å². The Morgan fingerprint density at radius 2 is 2.22 bits per heavy atom. The Hall–Kier alpha value is -2.30. The van der Waals surface area contributed by atoms with Gasteiger partial charge >= 0.3 is 5.97 Å². The maximum absolute atomic E-state index is 11.8. The SMILES string of the molecule is Cc1cc(C(=O)OCc2ccn(C)n2)ccc1N. The van der Waals surface area contributed by atoms with Gasteiger partial charge in [0.1, 0.15) is 6.61 Å². The van der Waals surface area contributed by atoms with E-state index in [0.717, 1.165) is 11.3 Å². The van der Waals surface area contributed by atoms with E-state index in [0.29, 0.717) is 11.3 Å². The molecule has 1 aromatic heterocycles. The predicted octanol–water partition coefficient (Wildman–Crippen LogP) is 1.67. The molecule has 0 atom stereocenters. The molecule has 0 bridgehead atoms. The zero-order valence-electron chi connectivity index (χ0n) is 10.4. The standard InChI is InChI=1S/C13H15N3O2/c1-9-7-10(3-4-12(9)14)13(17)18-8-11-5-6-16(2)15-11/h3-7H,8,14H2,1-2H3. The minimum Gasteiger partial charge on any atom is -0.456 e. The average molecular weight is 245 g/mol. The lowest BCUT2D eigenvalue weighted by Gasteiger charge is -2.05. The Morgan fingerprint density at radius 1 is 1.44 bits per heavy atom. The number of hydrogen-bond donors (Lipinski definition) is 1. The van der Waals surface area contributed by atoms with E-state index in [-0.39, 0.29) is 12.6 Å². The zero-order valence-corrected chi connectivity index (χ0v) is 10.4. The van der Waals surface area contributed by atoms with Crippen LogP contribution in [0.5, 0.6) is 0 Å². The molecule has 1 heterocycles. The molecule has 0 spiro atoms. The van der Waals surface area contributed by atoms with Gasteiger partial charge in [0, 0.05) is 18.9 Å². The minimum absolute atomic E-state index is 0.170. The molecule has 0 saturated heterocycles. The number of hydrogen-bond acceptors (Lipinski definition) is 4. The van der Waals surface area contributed by atoms with Gasteiger partial charge in [-0.2, -0.15) is 5.10 Å². The Bertz CT molecular complexity index is 575. The quantitative estimate of drug-likeness (QED) is 0.659. The minimum atomic E-state index is -0.372. The van der Waals surface area contributed by atoms with Gasteiger partial charge in [0.25, 0.3) is 0 Å². The maximum atomic E-state index is 11.8. The van der Waals surface area contributed by atoms with E-state index in [2.05, 4.69) is 5.10 Å². The summed E-state index contributed by atoms with van der Waals surface area (Å²) in [6.07, 6.45) is 1.80. The van der Waals surface area contributed by atoms with Crippen molar-refractivity contribution in [2.75, 3.05) is 5.73 Å². The summed E-state index contributed by atoms with van der Waals surface area (Å²) in [7, 11) is 1.81. The predicted molar refractivity (Wildman–Crippen MR) is 67.9 cm³/mol. The van der Waals surface area contributed by atoms with Crippen molar-refractivity contribution in [2.45, 2.75) is 13.5 Å². The van der Waals surface area contributed by atoms with Crippen LogP contribution in [-0.4, -0.2) is 15.7 Å². The highest BCUT2D eigenvalue weighted by atomic mass is 16.5. The van der Waals surface area contributed by atoms with Gasteiger partial charge in [-0.15, -0.1) is 0 Å². The van der Waals surface area contributed by atoms with Gasteiger partial charge in [-0.25, -0.2) is 4.79 Å². The molecule has 0 amide bonds. The smallest absolute Gasteiger partial charge is 0.338 e. The van der Waals surface area contributed by atoms with Crippen molar-refractivity contribution in [1.82, 2.24) is 9.78 Å². The van der Waals surface area contributed by atoms with Crippen LogP contribution in [0.4, 0.5) is 5.69 Å². The summed E-state index contributed by atoms with van der Waals surface area (Å²) in [5, 5.41) is 4.13. The number of nitrogens with two attached hydrogens (primary N) is 1. The van der Waals surface area contributed by atoms with Crippen LogP contribution in [0.2, 0.25) is 0 Å². The van der Waals surface area contributed by atoms with E-state index in [1.165, 1.54) is 0 Å². The number of anilines is 1.